The molecule has 1 N–H and O–H groups in total. The summed E-state index contributed by atoms with van der Waals surface area (Å²) in [5.41, 5.74) is 0.848. The zero-order chi connectivity index (χ0) is 13.9. The van der Waals surface area contributed by atoms with Gasteiger partial charge in [-0.15, -0.1) is 0 Å². The minimum absolute atomic E-state index is 0.239. The van der Waals surface area contributed by atoms with Gasteiger partial charge in [0, 0.05) is 13.1 Å². The quantitative estimate of drug-likeness (QED) is 0.881. The number of nitrogens with zero attached hydrogens (tertiary/aromatic N) is 1. The monoisotopic (exact) mass is 269 g/mol. The number of anilines is 1. The van der Waals surface area contributed by atoms with E-state index < -0.39 is 5.97 Å². The SMILES string of the molecule is CC(C)CC(C)N(C)c1c(Cl)cccc1C(=O)O. The lowest BCUT2D eigenvalue weighted by Gasteiger charge is -2.30. The molecule has 1 atom stereocenters. The lowest BCUT2D eigenvalue weighted by molar-refractivity contribution is 0.0697. The van der Waals surface area contributed by atoms with Gasteiger partial charge >= 0.3 is 5.97 Å². The molecule has 0 fully saturated rings. The van der Waals surface area contributed by atoms with Gasteiger partial charge in [0.2, 0.25) is 0 Å². The van der Waals surface area contributed by atoms with Crippen LogP contribution in [-0.4, -0.2) is 24.2 Å². The molecule has 1 aromatic carbocycles. The Morgan fingerprint density at radius 3 is 2.50 bits per heavy atom. The molecule has 0 aromatic heterocycles. The van der Waals surface area contributed by atoms with Crippen molar-refractivity contribution in [2.45, 2.75) is 33.2 Å². The van der Waals surface area contributed by atoms with E-state index in [1.54, 1.807) is 18.2 Å². The Labute approximate surface area is 113 Å². The van der Waals surface area contributed by atoms with Gasteiger partial charge in [0.05, 0.1) is 16.3 Å². The zero-order valence-electron chi connectivity index (χ0n) is 11.3. The van der Waals surface area contributed by atoms with Crippen LogP contribution < -0.4 is 4.90 Å². The molecule has 0 aliphatic carbocycles. The lowest BCUT2D eigenvalue weighted by atomic mass is 10.0. The summed E-state index contributed by atoms with van der Waals surface area (Å²) in [7, 11) is 1.89. The Bertz CT molecular complexity index is 432. The highest BCUT2D eigenvalue weighted by atomic mass is 35.5. The van der Waals surface area contributed by atoms with E-state index in [1.165, 1.54) is 0 Å². The first-order chi connectivity index (χ1) is 8.34. The summed E-state index contributed by atoms with van der Waals surface area (Å²) < 4.78 is 0. The largest absolute Gasteiger partial charge is 0.478 e. The maximum atomic E-state index is 11.2. The van der Waals surface area contributed by atoms with Crippen LogP contribution in [0.1, 0.15) is 37.6 Å². The van der Waals surface area contributed by atoms with E-state index in [0.717, 1.165) is 6.42 Å². The molecular formula is C14H20ClNO2. The van der Waals surface area contributed by atoms with Gasteiger partial charge in [-0.2, -0.15) is 0 Å². The van der Waals surface area contributed by atoms with Gasteiger partial charge in [0.25, 0.3) is 0 Å². The van der Waals surface area contributed by atoms with Gasteiger partial charge in [-0.3, -0.25) is 0 Å². The second kappa shape index (κ2) is 6.10. The van der Waals surface area contributed by atoms with Crippen molar-refractivity contribution in [3.8, 4) is 0 Å². The second-order valence-electron chi connectivity index (χ2n) is 5.03. The molecule has 100 valence electrons. The third-order valence-corrected chi connectivity index (χ3v) is 3.35. The van der Waals surface area contributed by atoms with Crippen LogP contribution in [-0.2, 0) is 0 Å². The van der Waals surface area contributed by atoms with Crippen LogP contribution in [0.3, 0.4) is 0 Å². The van der Waals surface area contributed by atoms with E-state index >= 15 is 0 Å². The second-order valence-corrected chi connectivity index (χ2v) is 5.44. The van der Waals surface area contributed by atoms with Crippen molar-refractivity contribution in [2.24, 2.45) is 5.92 Å². The molecule has 0 radical (unpaired) electrons. The third kappa shape index (κ3) is 3.39. The van der Waals surface area contributed by atoms with Crippen molar-refractivity contribution < 1.29 is 9.90 Å². The molecular weight excluding hydrogens is 250 g/mol. The van der Waals surface area contributed by atoms with Crippen molar-refractivity contribution >= 4 is 23.3 Å². The predicted molar refractivity (Wildman–Crippen MR) is 75.7 cm³/mol. The molecule has 4 heteroatoms. The summed E-state index contributed by atoms with van der Waals surface area (Å²) in [6, 6.07) is 5.21. The highest BCUT2D eigenvalue weighted by Gasteiger charge is 2.20. The van der Waals surface area contributed by atoms with Crippen LogP contribution in [0.2, 0.25) is 5.02 Å². The average molecular weight is 270 g/mol. The average Bonchev–Trinajstić information content (AvgIpc) is 2.26. The summed E-state index contributed by atoms with van der Waals surface area (Å²) in [6.07, 6.45) is 0.987. The van der Waals surface area contributed by atoms with Crippen LogP contribution in [0.5, 0.6) is 0 Å². The third-order valence-electron chi connectivity index (χ3n) is 3.04. The van der Waals surface area contributed by atoms with Crippen LogP contribution in [0.15, 0.2) is 18.2 Å². The maximum Gasteiger partial charge on any atom is 0.337 e. The fourth-order valence-electron chi connectivity index (χ4n) is 2.11. The highest BCUT2D eigenvalue weighted by molar-refractivity contribution is 6.34. The fourth-order valence-corrected chi connectivity index (χ4v) is 2.41. The number of carboxylic acid groups (broad SMARTS) is 1. The molecule has 0 amide bonds. The fraction of sp³-hybridized carbons (Fsp3) is 0.500. The number of halogens is 1. The van der Waals surface area contributed by atoms with Crippen molar-refractivity contribution in [1.82, 2.24) is 0 Å². The van der Waals surface area contributed by atoms with Crippen LogP contribution >= 0.6 is 11.6 Å². The number of carbonyl (C=O) groups is 1. The summed E-state index contributed by atoms with van der Waals surface area (Å²) in [4.78, 5) is 13.2. The van der Waals surface area contributed by atoms with Gasteiger partial charge in [-0.25, -0.2) is 4.79 Å². The van der Waals surface area contributed by atoms with Gasteiger partial charge in [-0.1, -0.05) is 31.5 Å². The van der Waals surface area contributed by atoms with Crippen LogP contribution in [0, 0.1) is 5.92 Å². The molecule has 1 aromatic rings. The van der Waals surface area contributed by atoms with Gasteiger partial charge in [0.1, 0.15) is 0 Å². The Balaban J connectivity index is 3.11. The first-order valence-electron chi connectivity index (χ1n) is 6.09. The molecule has 0 spiro atoms. The summed E-state index contributed by atoms with van der Waals surface area (Å²) in [5.74, 6) is -0.394. The number of para-hydroxylation sites is 1. The molecule has 18 heavy (non-hydrogen) atoms. The van der Waals surface area contributed by atoms with E-state index in [0.29, 0.717) is 16.6 Å². The molecule has 3 nitrogen and oxygen atoms in total. The molecule has 0 saturated carbocycles. The summed E-state index contributed by atoms with van der Waals surface area (Å²) in [6.45, 7) is 6.37. The standard InChI is InChI=1S/C14H20ClNO2/c1-9(2)8-10(3)16(4)13-11(14(17)18)6-5-7-12(13)15/h5-7,9-10H,8H2,1-4H3,(H,17,18). The predicted octanol–water partition coefficient (Wildman–Crippen LogP) is 3.91. The van der Waals surface area contributed by atoms with Gasteiger partial charge < -0.3 is 10.0 Å². The molecule has 0 saturated heterocycles. The normalized spacial score (nSPS) is 12.6. The minimum atomic E-state index is -0.948. The maximum absolute atomic E-state index is 11.2. The smallest absolute Gasteiger partial charge is 0.337 e. The number of rotatable bonds is 5. The first kappa shape index (κ1) is 14.8. The Morgan fingerprint density at radius 2 is 2.00 bits per heavy atom. The van der Waals surface area contributed by atoms with Crippen LogP contribution in [0.25, 0.3) is 0 Å². The molecule has 1 rings (SSSR count). The zero-order valence-corrected chi connectivity index (χ0v) is 12.0. The number of hydrogen-bond acceptors (Lipinski definition) is 2. The van der Waals surface area contributed by atoms with Crippen LogP contribution in [0.4, 0.5) is 5.69 Å². The topological polar surface area (TPSA) is 40.5 Å². The highest BCUT2D eigenvalue weighted by Crippen LogP contribution is 2.31. The van der Waals surface area contributed by atoms with E-state index in [-0.39, 0.29) is 11.6 Å². The molecule has 0 bridgehead atoms. The first-order valence-corrected chi connectivity index (χ1v) is 6.47. The number of carboxylic acids is 1. The molecule has 1 unspecified atom stereocenters. The Kier molecular flexibility index (Phi) is 5.03. The lowest BCUT2D eigenvalue weighted by Crippen LogP contribution is -2.31. The Hall–Kier alpha value is -1.22. The van der Waals surface area contributed by atoms with Gasteiger partial charge in [0.15, 0.2) is 0 Å². The number of benzene rings is 1. The van der Waals surface area contributed by atoms with Gasteiger partial charge in [-0.05, 0) is 31.4 Å². The van der Waals surface area contributed by atoms with E-state index in [2.05, 4.69) is 20.8 Å². The van der Waals surface area contributed by atoms with E-state index in [1.807, 2.05) is 11.9 Å². The van der Waals surface area contributed by atoms with E-state index in [9.17, 15) is 9.90 Å². The van der Waals surface area contributed by atoms with Crippen molar-refractivity contribution in [3.05, 3.63) is 28.8 Å². The summed E-state index contributed by atoms with van der Waals surface area (Å²) in [5, 5.41) is 9.70. The molecule has 0 aliphatic rings. The van der Waals surface area contributed by atoms with Crippen molar-refractivity contribution in [1.29, 1.82) is 0 Å². The molecule has 0 heterocycles. The Morgan fingerprint density at radius 1 is 1.39 bits per heavy atom. The van der Waals surface area contributed by atoms with E-state index in [4.69, 9.17) is 11.6 Å². The van der Waals surface area contributed by atoms with Crippen molar-refractivity contribution in [2.75, 3.05) is 11.9 Å². The summed E-state index contributed by atoms with van der Waals surface area (Å²) >= 11 is 6.14. The van der Waals surface area contributed by atoms with Crippen molar-refractivity contribution in [3.63, 3.8) is 0 Å². The number of hydrogen-bond donors (Lipinski definition) is 1. The number of aromatic carboxylic acids is 1. The molecule has 0 aliphatic heterocycles. The minimum Gasteiger partial charge on any atom is -0.478 e.